The summed E-state index contributed by atoms with van der Waals surface area (Å²) in [5.74, 6) is 0.0812. The maximum Gasteiger partial charge on any atom is 0.433 e. The number of hydrogen-bond donors (Lipinski definition) is 2. The third kappa shape index (κ3) is 3.96. The van der Waals surface area contributed by atoms with E-state index in [1.807, 2.05) is 0 Å². The Bertz CT molecular complexity index is 447. The van der Waals surface area contributed by atoms with E-state index in [4.69, 9.17) is 4.74 Å². The predicted molar refractivity (Wildman–Crippen MR) is 68.7 cm³/mol. The Morgan fingerprint density at radius 2 is 2.15 bits per heavy atom. The molecular weight excluding hydrogens is 273 g/mol. The largest absolute Gasteiger partial charge is 0.433 e. The number of aromatic nitrogens is 2. The number of alkyl halides is 3. The molecule has 0 aromatic carbocycles. The molecule has 0 bridgehead atoms. The van der Waals surface area contributed by atoms with Crippen LogP contribution in [0.2, 0.25) is 0 Å². The molecule has 8 heteroatoms. The van der Waals surface area contributed by atoms with Gasteiger partial charge in [0.1, 0.15) is 5.82 Å². The average Bonchev–Trinajstić information content (AvgIpc) is 2.45. The summed E-state index contributed by atoms with van der Waals surface area (Å²) in [4.78, 5) is 7.36. The molecule has 0 saturated carbocycles. The number of nitrogens with one attached hydrogen (secondary N) is 2. The SMILES string of the molecule is CNc1nc(NCC2CCCCO2)cc(C(F)(F)F)n1. The maximum atomic E-state index is 12.7. The van der Waals surface area contributed by atoms with E-state index in [1.54, 1.807) is 0 Å². The average molecular weight is 290 g/mol. The molecule has 112 valence electrons. The van der Waals surface area contributed by atoms with E-state index in [0.717, 1.165) is 25.3 Å². The molecule has 1 aliphatic rings. The Hall–Kier alpha value is -1.57. The molecule has 1 unspecified atom stereocenters. The first-order valence-corrected chi connectivity index (χ1v) is 6.48. The highest BCUT2D eigenvalue weighted by Crippen LogP contribution is 2.29. The zero-order chi connectivity index (χ0) is 14.6. The molecule has 0 radical (unpaired) electrons. The maximum absolute atomic E-state index is 12.7. The molecule has 1 aromatic heterocycles. The first-order valence-electron chi connectivity index (χ1n) is 6.48. The second kappa shape index (κ2) is 6.25. The first-order chi connectivity index (χ1) is 9.49. The summed E-state index contributed by atoms with van der Waals surface area (Å²) in [5.41, 5.74) is -0.969. The summed E-state index contributed by atoms with van der Waals surface area (Å²) in [5, 5.41) is 5.41. The summed E-state index contributed by atoms with van der Waals surface area (Å²) in [7, 11) is 1.48. The zero-order valence-electron chi connectivity index (χ0n) is 11.1. The highest BCUT2D eigenvalue weighted by Gasteiger charge is 2.33. The summed E-state index contributed by atoms with van der Waals surface area (Å²) in [6.45, 7) is 1.14. The van der Waals surface area contributed by atoms with Gasteiger partial charge in [0, 0.05) is 26.3 Å². The minimum atomic E-state index is -4.49. The van der Waals surface area contributed by atoms with Crippen LogP contribution in [0.3, 0.4) is 0 Å². The predicted octanol–water partition coefficient (Wildman–Crippen LogP) is 2.52. The van der Waals surface area contributed by atoms with E-state index in [1.165, 1.54) is 7.05 Å². The van der Waals surface area contributed by atoms with Gasteiger partial charge in [0.15, 0.2) is 5.69 Å². The van der Waals surface area contributed by atoms with Crippen LogP contribution in [0.15, 0.2) is 6.07 Å². The standard InChI is InChI=1S/C12H17F3N4O/c1-16-11-18-9(12(13,14)15)6-10(19-11)17-7-8-4-2-3-5-20-8/h6,8H,2-5,7H2,1H3,(H2,16,17,18,19). The van der Waals surface area contributed by atoms with Crippen LogP contribution in [0.4, 0.5) is 24.9 Å². The van der Waals surface area contributed by atoms with Gasteiger partial charge in [0.2, 0.25) is 5.95 Å². The Morgan fingerprint density at radius 3 is 2.75 bits per heavy atom. The van der Waals surface area contributed by atoms with Crippen molar-refractivity contribution in [3.8, 4) is 0 Å². The summed E-state index contributed by atoms with van der Waals surface area (Å²) < 4.78 is 43.6. The number of halogens is 3. The number of anilines is 2. The fourth-order valence-electron chi connectivity index (χ4n) is 1.98. The molecule has 2 N–H and O–H groups in total. The quantitative estimate of drug-likeness (QED) is 0.892. The van der Waals surface area contributed by atoms with E-state index in [-0.39, 0.29) is 17.9 Å². The van der Waals surface area contributed by atoms with Crippen molar-refractivity contribution >= 4 is 11.8 Å². The highest BCUT2D eigenvalue weighted by atomic mass is 19.4. The molecule has 2 rings (SSSR count). The zero-order valence-corrected chi connectivity index (χ0v) is 11.1. The lowest BCUT2D eigenvalue weighted by atomic mass is 10.1. The molecule has 1 fully saturated rings. The van der Waals surface area contributed by atoms with Crippen LogP contribution in [0.5, 0.6) is 0 Å². The third-order valence-corrected chi connectivity index (χ3v) is 3.03. The van der Waals surface area contributed by atoms with Crippen LogP contribution in [0, 0.1) is 0 Å². The van der Waals surface area contributed by atoms with Crippen LogP contribution < -0.4 is 10.6 Å². The van der Waals surface area contributed by atoms with Crippen molar-refractivity contribution < 1.29 is 17.9 Å². The van der Waals surface area contributed by atoms with Crippen LogP contribution in [-0.2, 0) is 10.9 Å². The van der Waals surface area contributed by atoms with E-state index in [2.05, 4.69) is 20.6 Å². The number of nitrogens with zero attached hydrogens (tertiary/aromatic N) is 2. The van der Waals surface area contributed by atoms with Gasteiger partial charge >= 0.3 is 6.18 Å². The van der Waals surface area contributed by atoms with E-state index < -0.39 is 11.9 Å². The number of hydrogen-bond acceptors (Lipinski definition) is 5. The lowest BCUT2D eigenvalue weighted by molar-refractivity contribution is -0.141. The Kier molecular flexibility index (Phi) is 4.64. The normalized spacial score (nSPS) is 19.7. The van der Waals surface area contributed by atoms with Crippen molar-refractivity contribution in [2.24, 2.45) is 0 Å². The van der Waals surface area contributed by atoms with Gasteiger partial charge in [-0.05, 0) is 19.3 Å². The van der Waals surface area contributed by atoms with Crippen molar-refractivity contribution in [1.29, 1.82) is 0 Å². The van der Waals surface area contributed by atoms with Gasteiger partial charge in [-0.1, -0.05) is 0 Å². The van der Waals surface area contributed by atoms with Crippen molar-refractivity contribution in [2.75, 3.05) is 30.8 Å². The Morgan fingerprint density at radius 1 is 1.35 bits per heavy atom. The fourth-order valence-corrected chi connectivity index (χ4v) is 1.98. The molecule has 0 spiro atoms. The van der Waals surface area contributed by atoms with Gasteiger partial charge in [0.05, 0.1) is 6.10 Å². The lowest BCUT2D eigenvalue weighted by Gasteiger charge is -2.23. The fraction of sp³-hybridized carbons (Fsp3) is 0.667. The second-order valence-corrected chi connectivity index (χ2v) is 4.58. The molecule has 0 aliphatic carbocycles. The van der Waals surface area contributed by atoms with Crippen LogP contribution in [0.25, 0.3) is 0 Å². The number of rotatable bonds is 4. The van der Waals surface area contributed by atoms with Gasteiger partial charge in [-0.15, -0.1) is 0 Å². The first kappa shape index (κ1) is 14.8. The minimum Gasteiger partial charge on any atom is -0.376 e. The summed E-state index contributed by atoms with van der Waals surface area (Å²) >= 11 is 0. The van der Waals surface area contributed by atoms with Gasteiger partial charge in [0.25, 0.3) is 0 Å². The Balaban J connectivity index is 2.06. The minimum absolute atomic E-state index is 0.0195. The molecule has 0 amide bonds. The van der Waals surface area contributed by atoms with Gasteiger partial charge in [-0.3, -0.25) is 0 Å². The topological polar surface area (TPSA) is 59.1 Å². The molecule has 5 nitrogen and oxygen atoms in total. The Labute approximate surface area is 114 Å². The highest BCUT2D eigenvalue weighted by molar-refractivity contribution is 5.43. The van der Waals surface area contributed by atoms with Gasteiger partial charge < -0.3 is 15.4 Å². The summed E-state index contributed by atoms with van der Waals surface area (Å²) in [6, 6.07) is 0.906. The van der Waals surface area contributed by atoms with Crippen molar-refractivity contribution in [3.05, 3.63) is 11.8 Å². The van der Waals surface area contributed by atoms with Gasteiger partial charge in [-0.25, -0.2) is 4.98 Å². The van der Waals surface area contributed by atoms with Crippen LogP contribution in [0.1, 0.15) is 25.0 Å². The third-order valence-electron chi connectivity index (χ3n) is 3.03. The van der Waals surface area contributed by atoms with Gasteiger partial charge in [-0.2, -0.15) is 18.2 Å². The molecule has 1 saturated heterocycles. The molecule has 1 aliphatic heterocycles. The van der Waals surface area contributed by atoms with E-state index in [9.17, 15) is 13.2 Å². The van der Waals surface area contributed by atoms with Crippen LogP contribution in [-0.4, -0.2) is 36.3 Å². The molecular formula is C12H17F3N4O. The van der Waals surface area contributed by atoms with Crippen molar-refractivity contribution in [1.82, 2.24) is 9.97 Å². The molecule has 1 aromatic rings. The number of ether oxygens (including phenoxy) is 1. The van der Waals surface area contributed by atoms with Crippen molar-refractivity contribution in [2.45, 2.75) is 31.5 Å². The molecule has 20 heavy (non-hydrogen) atoms. The van der Waals surface area contributed by atoms with Crippen LogP contribution >= 0.6 is 0 Å². The summed E-state index contributed by atoms with van der Waals surface area (Å²) in [6.07, 6.45) is -1.46. The molecule has 1 atom stereocenters. The molecule has 2 heterocycles. The van der Waals surface area contributed by atoms with Crippen molar-refractivity contribution in [3.63, 3.8) is 0 Å². The second-order valence-electron chi connectivity index (χ2n) is 4.58. The van der Waals surface area contributed by atoms with E-state index >= 15 is 0 Å². The van der Waals surface area contributed by atoms with E-state index in [0.29, 0.717) is 13.2 Å². The monoisotopic (exact) mass is 290 g/mol. The lowest BCUT2D eigenvalue weighted by Crippen LogP contribution is -2.27. The smallest absolute Gasteiger partial charge is 0.376 e.